The summed E-state index contributed by atoms with van der Waals surface area (Å²) in [6, 6.07) is 19.1. The number of pyridine rings is 1. The molecule has 3 aromatic heterocycles. The van der Waals surface area contributed by atoms with E-state index in [9.17, 15) is 0 Å². The Kier molecular flexibility index (Phi) is 7.83. The molecule has 0 saturated carbocycles. The minimum Gasteiger partial charge on any atom is -0.361 e. The molecule has 0 atom stereocenters. The SMILES string of the molecule is Cc1ccc2c(-c3nnc(SCCN4CCc5ccc(-c6cc(C)on6)cc5CC4)n3C)cccc2n1.Cl. The summed E-state index contributed by atoms with van der Waals surface area (Å²) >= 11 is 1.77. The molecule has 2 aromatic carbocycles. The second-order valence-corrected chi connectivity index (χ2v) is 10.7. The lowest BCUT2D eigenvalue weighted by molar-refractivity contribution is 0.306. The maximum atomic E-state index is 5.27. The van der Waals surface area contributed by atoms with Gasteiger partial charge in [-0.15, -0.1) is 22.6 Å². The quantitative estimate of drug-likeness (QED) is 0.245. The van der Waals surface area contributed by atoms with Crippen LogP contribution in [0, 0.1) is 13.8 Å². The molecule has 0 aliphatic carbocycles. The van der Waals surface area contributed by atoms with Gasteiger partial charge in [-0.25, -0.2) is 0 Å². The lowest BCUT2D eigenvalue weighted by Gasteiger charge is -2.19. The van der Waals surface area contributed by atoms with Gasteiger partial charge in [0.2, 0.25) is 0 Å². The van der Waals surface area contributed by atoms with Crippen LogP contribution < -0.4 is 0 Å². The highest BCUT2D eigenvalue weighted by molar-refractivity contribution is 7.99. The topological polar surface area (TPSA) is 72.9 Å². The Labute approximate surface area is 233 Å². The second-order valence-electron chi connectivity index (χ2n) is 9.69. The fourth-order valence-corrected chi connectivity index (χ4v) is 5.96. The first-order valence-electron chi connectivity index (χ1n) is 12.7. The number of thioether (sulfide) groups is 1. The zero-order chi connectivity index (χ0) is 25.4. The fraction of sp³-hybridized carbons (Fsp3) is 0.310. The monoisotopic (exact) mass is 546 g/mol. The van der Waals surface area contributed by atoms with Crippen LogP contribution in [0.3, 0.4) is 0 Å². The molecule has 0 spiro atoms. The lowest BCUT2D eigenvalue weighted by atomic mass is 9.99. The van der Waals surface area contributed by atoms with E-state index in [0.29, 0.717) is 0 Å². The zero-order valence-electron chi connectivity index (χ0n) is 21.8. The van der Waals surface area contributed by atoms with Crippen LogP contribution in [-0.2, 0) is 19.9 Å². The van der Waals surface area contributed by atoms with Crippen LogP contribution in [0.4, 0.5) is 0 Å². The molecule has 1 aliphatic rings. The average Bonchev–Trinajstić information content (AvgIpc) is 3.43. The van der Waals surface area contributed by atoms with Gasteiger partial charge in [0.1, 0.15) is 11.5 Å². The summed E-state index contributed by atoms with van der Waals surface area (Å²) in [7, 11) is 2.05. The van der Waals surface area contributed by atoms with E-state index >= 15 is 0 Å². The number of aromatic nitrogens is 5. The zero-order valence-corrected chi connectivity index (χ0v) is 23.5. The third-order valence-electron chi connectivity index (χ3n) is 7.11. The van der Waals surface area contributed by atoms with Gasteiger partial charge in [0.05, 0.1) is 5.52 Å². The maximum absolute atomic E-state index is 5.27. The molecular weight excluding hydrogens is 516 g/mol. The van der Waals surface area contributed by atoms with Crippen LogP contribution in [0.2, 0.25) is 0 Å². The summed E-state index contributed by atoms with van der Waals surface area (Å²) in [5.74, 6) is 2.69. The summed E-state index contributed by atoms with van der Waals surface area (Å²) in [4.78, 5) is 7.23. The lowest BCUT2D eigenvalue weighted by Crippen LogP contribution is -2.28. The van der Waals surface area contributed by atoms with Crippen LogP contribution in [0.5, 0.6) is 0 Å². The fourth-order valence-electron chi connectivity index (χ4n) is 5.05. The Morgan fingerprint density at radius 1 is 0.947 bits per heavy atom. The molecule has 7 nitrogen and oxygen atoms in total. The van der Waals surface area contributed by atoms with Gasteiger partial charge in [-0.1, -0.05) is 47.3 Å². The minimum absolute atomic E-state index is 0. The number of hydrogen-bond donors (Lipinski definition) is 0. The molecule has 38 heavy (non-hydrogen) atoms. The van der Waals surface area contributed by atoms with E-state index in [1.807, 2.05) is 38.1 Å². The molecule has 196 valence electrons. The highest BCUT2D eigenvalue weighted by Gasteiger charge is 2.17. The van der Waals surface area contributed by atoms with E-state index < -0.39 is 0 Å². The van der Waals surface area contributed by atoms with Gasteiger partial charge in [-0.05, 0) is 56.0 Å². The molecule has 0 bridgehead atoms. The number of aryl methyl sites for hydroxylation is 2. The van der Waals surface area contributed by atoms with Gasteiger partial charge >= 0.3 is 0 Å². The maximum Gasteiger partial charge on any atom is 0.191 e. The summed E-state index contributed by atoms with van der Waals surface area (Å²) in [5, 5.41) is 15.3. The minimum atomic E-state index is 0. The molecule has 0 fully saturated rings. The van der Waals surface area contributed by atoms with E-state index in [0.717, 1.165) is 88.4 Å². The summed E-state index contributed by atoms with van der Waals surface area (Å²) in [6.45, 7) is 7.10. The van der Waals surface area contributed by atoms with E-state index in [2.05, 4.69) is 67.2 Å². The molecule has 0 N–H and O–H groups in total. The predicted octanol–water partition coefficient (Wildman–Crippen LogP) is 5.92. The third-order valence-corrected chi connectivity index (χ3v) is 8.11. The predicted molar refractivity (Wildman–Crippen MR) is 155 cm³/mol. The molecule has 0 saturated heterocycles. The molecular formula is C29H31ClN6OS. The molecule has 0 radical (unpaired) electrons. The smallest absolute Gasteiger partial charge is 0.191 e. The molecule has 9 heteroatoms. The van der Waals surface area contributed by atoms with Crippen LogP contribution >= 0.6 is 24.2 Å². The van der Waals surface area contributed by atoms with Crippen molar-refractivity contribution in [1.82, 2.24) is 29.8 Å². The van der Waals surface area contributed by atoms with Crippen LogP contribution in [-0.4, -0.2) is 55.2 Å². The van der Waals surface area contributed by atoms with Crippen molar-refractivity contribution >= 4 is 35.1 Å². The molecule has 6 rings (SSSR count). The van der Waals surface area contributed by atoms with E-state index in [-0.39, 0.29) is 12.4 Å². The van der Waals surface area contributed by atoms with Crippen molar-refractivity contribution in [3.05, 3.63) is 77.2 Å². The normalized spacial score (nSPS) is 13.8. The van der Waals surface area contributed by atoms with Crippen molar-refractivity contribution < 1.29 is 4.52 Å². The van der Waals surface area contributed by atoms with E-state index in [1.165, 1.54) is 11.1 Å². The van der Waals surface area contributed by atoms with E-state index in [4.69, 9.17) is 4.52 Å². The summed E-state index contributed by atoms with van der Waals surface area (Å²) in [6.07, 6.45) is 2.12. The van der Waals surface area contributed by atoms with Crippen LogP contribution in [0.1, 0.15) is 22.6 Å². The number of benzene rings is 2. The van der Waals surface area contributed by atoms with Gasteiger partial charge in [0, 0.05) is 60.7 Å². The van der Waals surface area contributed by atoms with Gasteiger partial charge in [-0.2, -0.15) is 0 Å². The van der Waals surface area contributed by atoms with Crippen molar-refractivity contribution in [3.8, 4) is 22.6 Å². The van der Waals surface area contributed by atoms with Crippen molar-refractivity contribution in [2.45, 2.75) is 31.8 Å². The van der Waals surface area contributed by atoms with Crippen molar-refractivity contribution in [2.75, 3.05) is 25.4 Å². The third kappa shape index (κ3) is 5.34. The summed E-state index contributed by atoms with van der Waals surface area (Å²) in [5.41, 5.74) is 7.98. The molecule has 0 amide bonds. The van der Waals surface area contributed by atoms with Crippen molar-refractivity contribution in [1.29, 1.82) is 0 Å². The molecule has 4 heterocycles. The van der Waals surface area contributed by atoms with Gasteiger partial charge < -0.3 is 14.0 Å². The molecule has 5 aromatic rings. The van der Waals surface area contributed by atoms with Gasteiger partial charge in [0.25, 0.3) is 0 Å². The Bertz CT molecular complexity index is 1580. The van der Waals surface area contributed by atoms with Crippen molar-refractivity contribution in [2.24, 2.45) is 7.05 Å². The molecule has 1 aliphatic heterocycles. The van der Waals surface area contributed by atoms with Crippen LogP contribution in [0.15, 0.2) is 64.3 Å². The number of halogens is 1. The average molecular weight is 547 g/mol. The first kappa shape index (κ1) is 26.4. The largest absolute Gasteiger partial charge is 0.361 e. The number of nitrogens with zero attached hydrogens (tertiary/aromatic N) is 6. The standard InChI is InChI=1S/C29H30N6OS.ClH/c1-19-7-10-24-25(5-4-6-26(24)30-19)28-31-32-29(34(28)3)37-16-15-35-13-11-21-8-9-23(18-22(21)12-14-35)27-17-20(2)36-33-27;/h4-10,17-18H,11-16H2,1-3H3;1H. The Morgan fingerprint density at radius 2 is 1.79 bits per heavy atom. The Hall–Kier alpha value is -3.20. The van der Waals surface area contributed by atoms with Crippen molar-refractivity contribution in [3.63, 3.8) is 0 Å². The number of fused-ring (bicyclic) bond motifs is 2. The second kappa shape index (κ2) is 11.3. The van der Waals surface area contributed by atoms with Gasteiger partial charge in [-0.3, -0.25) is 4.98 Å². The Morgan fingerprint density at radius 3 is 2.61 bits per heavy atom. The number of hydrogen-bond acceptors (Lipinski definition) is 7. The van der Waals surface area contributed by atoms with Gasteiger partial charge in [0.15, 0.2) is 11.0 Å². The summed E-state index contributed by atoms with van der Waals surface area (Å²) < 4.78 is 7.37. The highest BCUT2D eigenvalue weighted by atomic mass is 35.5. The van der Waals surface area contributed by atoms with E-state index in [1.54, 1.807) is 11.8 Å². The number of rotatable bonds is 6. The van der Waals surface area contributed by atoms with Crippen LogP contribution in [0.25, 0.3) is 33.5 Å². The first-order valence-corrected chi connectivity index (χ1v) is 13.7. The first-order chi connectivity index (χ1) is 18.0. The molecule has 0 unspecified atom stereocenters. The Balaban J connectivity index is 0.00000294. The highest BCUT2D eigenvalue weighted by Crippen LogP contribution is 2.29.